The molecule has 0 heterocycles. The van der Waals surface area contributed by atoms with Gasteiger partial charge in [-0.25, -0.2) is 0 Å². The SMILES string of the molecule is CSCCCNc1cccc(SC)c1. The Morgan fingerprint density at radius 1 is 1.29 bits per heavy atom. The summed E-state index contributed by atoms with van der Waals surface area (Å²) in [7, 11) is 0. The minimum absolute atomic E-state index is 1.07. The van der Waals surface area contributed by atoms with Crippen LogP contribution in [-0.2, 0) is 0 Å². The van der Waals surface area contributed by atoms with Crippen molar-refractivity contribution in [3.05, 3.63) is 24.3 Å². The van der Waals surface area contributed by atoms with Crippen molar-refractivity contribution in [3.63, 3.8) is 0 Å². The van der Waals surface area contributed by atoms with Gasteiger partial charge in [0.2, 0.25) is 0 Å². The molecule has 0 amide bonds. The molecule has 0 unspecified atom stereocenters. The molecule has 0 aliphatic heterocycles. The van der Waals surface area contributed by atoms with Gasteiger partial charge in [-0.05, 0) is 42.9 Å². The molecule has 0 saturated carbocycles. The molecule has 0 spiro atoms. The largest absolute Gasteiger partial charge is 0.385 e. The van der Waals surface area contributed by atoms with Crippen molar-refractivity contribution in [2.45, 2.75) is 11.3 Å². The molecule has 14 heavy (non-hydrogen) atoms. The molecule has 1 rings (SSSR count). The van der Waals surface area contributed by atoms with Crippen molar-refractivity contribution < 1.29 is 0 Å². The number of hydrogen-bond acceptors (Lipinski definition) is 3. The lowest BCUT2D eigenvalue weighted by Crippen LogP contribution is -2.02. The third-order valence-electron chi connectivity index (χ3n) is 1.92. The van der Waals surface area contributed by atoms with Crippen LogP contribution in [0.25, 0.3) is 0 Å². The van der Waals surface area contributed by atoms with E-state index in [2.05, 4.69) is 42.1 Å². The number of anilines is 1. The van der Waals surface area contributed by atoms with Crippen LogP contribution in [0.5, 0.6) is 0 Å². The van der Waals surface area contributed by atoms with E-state index in [9.17, 15) is 0 Å². The average Bonchev–Trinajstić information content (AvgIpc) is 2.25. The maximum atomic E-state index is 3.43. The van der Waals surface area contributed by atoms with Gasteiger partial charge in [0.15, 0.2) is 0 Å². The summed E-state index contributed by atoms with van der Waals surface area (Å²) in [4.78, 5) is 1.32. The van der Waals surface area contributed by atoms with Crippen LogP contribution in [-0.4, -0.2) is 24.8 Å². The summed E-state index contributed by atoms with van der Waals surface area (Å²) in [6.45, 7) is 1.07. The molecule has 0 bridgehead atoms. The van der Waals surface area contributed by atoms with E-state index in [0.29, 0.717) is 0 Å². The topological polar surface area (TPSA) is 12.0 Å². The lowest BCUT2D eigenvalue weighted by molar-refractivity contribution is 0.992. The van der Waals surface area contributed by atoms with Crippen molar-refractivity contribution in [1.82, 2.24) is 0 Å². The smallest absolute Gasteiger partial charge is 0.0351 e. The second-order valence-electron chi connectivity index (χ2n) is 3.01. The summed E-state index contributed by atoms with van der Waals surface area (Å²) in [5.74, 6) is 1.23. The van der Waals surface area contributed by atoms with Gasteiger partial charge in [0.1, 0.15) is 0 Å². The first kappa shape index (κ1) is 11.8. The van der Waals surface area contributed by atoms with E-state index < -0.39 is 0 Å². The Morgan fingerprint density at radius 3 is 2.86 bits per heavy atom. The molecule has 0 radical (unpaired) electrons. The van der Waals surface area contributed by atoms with Gasteiger partial charge < -0.3 is 5.32 Å². The molecule has 0 aliphatic rings. The molecule has 78 valence electrons. The van der Waals surface area contributed by atoms with Crippen molar-refractivity contribution in [3.8, 4) is 0 Å². The Morgan fingerprint density at radius 2 is 2.14 bits per heavy atom. The Bertz CT molecular complexity index is 263. The number of hydrogen-bond donors (Lipinski definition) is 1. The molecule has 1 aromatic rings. The second-order valence-corrected chi connectivity index (χ2v) is 4.87. The number of benzene rings is 1. The zero-order valence-electron chi connectivity index (χ0n) is 8.75. The third-order valence-corrected chi connectivity index (χ3v) is 3.35. The summed E-state index contributed by atoms with van der Waals surface area (Å²) in [5, 5.41) is 3.43. The highest BCUT2D eigenvalue weighted by Gasteiger charge is 1.93. The van der Waals surface area contributed by atoms with Gasteiger partial charge in [-0.1, -0.05) is 6.07 Å². The molecule has 1 aromatic carbocycles. The fourth-order valence-electron chi connectivity index (χ4n) is 1.18. The van der Waals surface area contributed by atoms with Crippen LogP contribution < -0.4 is 5.32 Å². The van der Waals surface area contributed by atoms with E-state index in [1.807, 2.05) is 11.8 Å². The molecule has 0 atom stereocenters. The third kappa shape index (κ3) is 4.29. The van der Waals surface area contributed by atoms with E-state index in [1.54, 1.807) is 11.8 Å². The predicted octanol–water partition coefficient (Wildman–Crippen LogP) is 3.57. The Kier molecular flexibility index (Phi) is 5.96. The van der Waals surface area contributed by atoms with Gasteiger partial charge in [0.05, 0.1) is 0 Å². The van der Waals surface area contributed by atoms with Crippen molar-refractivity contribution >= 4 is 29.2 Å². The van der Waals surface area contributed by atoms with Gasteiger partial charge in [-0.3, -0.25) is 0 Å². The van der Waals surface area contributed by atoms with Gasteiger partial charge in [0.25, 0.3) is 0 Å². The van der Waals surface area contributed by atoms with Crippen LogP contribution >= 0.6 is 23.5 Å². The first-order valence-corrected chi connectivity index (χ1v) is 7.35. The van der Waals surface area contributed by atoms with E-state index in [1.165, 1.54) is 22.8 Å². The van der Waals surface area contributed by atoms with E-state index in [-0.39, 0.29) is 0 Å². The highest BCUT2D eigenvalue weighted by molar-refractivity contribution is 7.98. The van der Waals surface area contributed by atoms with Gasteiger partial charge in [-0.2, -0.15) is 11.8 Å². The number of thioether (sulfide) groups is 2. The fourth-order valence-corrected chi connectivity index (χ4v) is 2.07. The summed E-state index contributed by atoms with van der Waals surface area (Å²) in [5.41, 5.74) is 1.23. The predicted molar refractivity (Wildman–Crippen MR) is 69.7 cm³/mol. The zero-order valence-corrected chi connectivity index (χ0v) is 10.4. The summed E-state index contributed by atoms with van der Waals surface area (Å²) >= 11 is 3.68. The van der Waals surface area contributed by atoms with Crippen LogP contribution in [0.3, 0.4) is 0 Å². The monoisotopic (exact) mass is 227 g/mol. The molecule has 1 N–H and O–H groups in total. The molecule has 0 aliphatic carbocycles. The zero-order chi connectivity index (χ0) is 10.2. The quantitative estimate of drug-likeness (QED) is 0.589. The van der Waals surface area contributed by atoms with Crippen molar-refractivity contribution in [2.75, 3.05) is 30.1 Å². The van der Waals surface area contributed by atoms with E-state index in [0.717, 1.165) is 6.54 Å². The second kappa shape index (κ2) is 7.07. The standard InChI is InChI=1S/C11H17NS2/c1-13-8-4-7-12-10-5-3-6-11(9-10)14-2/h3,5-6,9,12H,4,7-8H2,1-2H3. The lowest BCUT2D eigenvalue weighted by atomic mass is 10.3. The molecule has 0 aromatic heterocycles. The maximum Gasteiger partial charge on any atom is 0.0351 e. The van der Waals surface area contributed by atoms with Crippen LogP contribution in [0.15, 0.2) is 29.2 Å². The van der Waals surface area contributed by atoms with Gasteiger partial charge in [-0.15, -0.1) is 11.8 Å². The summed E-state index contributed by atoms with van der Waals surface area (Å²) in [6, 6.07) is 8.56. The van der Waals surface area contributed by atoms with Crippen molar-refractivity contribution in [2.24, 2.45) is 0 Å². The van der Waals surface area contributed by atoms with Gasteiger partial charge in [0, 0.05) is 17.1 Å². The molecular weight excluding hydrogens is 210 g/mol. The normalized spacial score (nSPS) is 10.1. The van der Waals surface area contributed by atoms with Crippen molar-refractivity contribution in [1.29, 1.82) is 0 Å². The summed E-state index contributed by atoms with van der Waals surface area (Å²) < 4.78 is 0. The van der Waals surface area contributed by atoms with E-state index >= 15 is 0 Å². The van der Waals surface area contributed by atoms with Crippen LogP contribution in [0.1, 0.15) is 6.42 Å². The fraction of sp³-hybridized carbons (Fsp3) is 0.455. The highest BCUT2D eigenvalue weighted by atomic mass is 32.2. The minimum Gasteiger partial charge on any atom is -0.385 e. The van der Waals surface area contributed by atoms with Crippen LogP contribution in [0, 0.1) is 0 Å². The van der Waals surface area contributed by atoms with Crippen LogP contribution in [0.2, 0.25) is 0 Å². The average molecular weight is 227 g/mol. The van der Waals surface area contributed by atoms with Crippen LogP contribution in [0.4, 0.5) is 5.69 Å². The molecule has 0 saturated heterocycles. The maximum absolute atomic E-state index is 3.43. The van der Waals surface area contributed by atoms with Gasteiger partial charge >= 0.3 is 0 Å². The van der Waals surface area contributed by atoms with E-state index in [4.69, 9.17) is 0 Å². The minimum atomic E-state index is 1.07. The Hall–Kier alpha value is -0.280. The Labute approximate surface area is 95.1 Å². The first-order valence-electron chi connectivity index (χ1n) is 4.73. The Balaban J connectivity index is 2.34. The summed E-state index contributed by atoms with van der Waals surface area (Å²) in [6.07, 6.45) is 5.48. The number of nitrogens with one attached hydrogen (secondary N) is 1. The molecule has 3 heteroatoms. The highest BCUT2D eigenvalue weighted by Crippen LogP contribution is 2.18. The molecule has 1 nitrogen and oxygen atoms in total. The molecular formula is C11H17NS2. The molecule has 0 fully saturated rings. The number of rotatable bonds is 6. The lowest BCUT2D eigenvalue weighted by Gasteiger charge is -2.06. The first-order chi connectivity index (χ1) is 6.86.